The lowest BCUT2D eigenvalue weighted by Crippen LogP contribution is -1.99. The van der Waals surface area contributed by atoms with Gasteiger partial charge in [-0.15, -0.1) is 0 Å². The van der Waals surface area contributed by atoms with E-state index in [1.165, 1.54) is 12.0 Å². The molecule has 26 heavy (non-hydrogen) atoms. The molecule has 0 aliphatic heterocycles. The van der Waals surface area contributed by atoms with E-state index in [1.54, 1.807) is 6.33 Å². The number of nitrogens with one attached hydrogen (secondary N) is 1. The third-order valence-corrected chi connectivity index (χ3v) is 4.73. The molecule has 1 N–H and O–H groups in total. The van der Waals surface area contributed by atoms with Gasteiger partial charge >= 0.3 is 0 Å². The smallest absolute Gasteiger partial charge is 0.163 e. The zero-order valence-corrected chi connectivity index (χ0v) is 15.3. The second-order valence-electron chi connectivity index (χ2n) is 6.53. The molecule has 4 rings (SSSR count). The monoisotopic (exact) mass is 346 g/mol. The maximum absolute atomic E-state index is 4.67. The summed E-state index contributed by atoms with van der Waals surface area (Å²) in [6.07, 6.45) is 8.78. The normalized spacial score (nSPS) is 11.3. The van der Waals surface area contributed by atoms with Gasteiger partial charge in [-0.2, -0.15) is 5.10 Å². The maximum atomic E-state index is 4.67. The highest BCUT2D eigenvalue weighted by molar-refractivity contribution is 5.92. The van der Waals surface area contributed by atoms with Crippen molar-refractivity contribution < 1.29 is 0 Å². The zero-order chi connectivity index (χ0) is 18.1. The third kappa shape index (κ3) is 2.77. The second-order valence-corrected chi connectivity index (χ2v) is 6.53. The molecule has 4 aromatic heterocycles. The minimum atomic E-state index is 0.806. The molecule has 0 saturated heterocycles. The van der Waals surface area contributed by atoms with E-state index in [9.17, 15) is 0 Å². The molecule has 0 unspecified atom stereocenters. The first-order valence-corrected chi connectivity index (χ1v) is 8.97. The molecule has 0 radical (unpaired) electrons. The lowest BCUT2D eigenvalue weighted by atomic mass is 10.0. The standard InChI is InChI=1S/C20H22N6/c1-4-5-6-15-7-13(2)17(11-22-15)16-8-14-10-23-19(21-3)9-18(14)26-20(16)24-12-25-26/h7-12H,4-6H2,1-3H3,(H,21,23). The molecule has 0 aliphatic carbocycles. The van der Waals surface area contributed by atoms with Crippen LogP contribution in [0.2, 0.25) is 0 Å². The van der Waals surface area contributed by atoms with Crippen molar-refractivity contribution in [3.63, 3.8) is 0 Å². The Hall–Kier alpha value is -3.02. The van der Waals surface area contributed by atoms with Crippen LogP contribution in [0.1, 0.15) is 31.0 Å². The molecule has 132 valence electrons. The molecule has 0 aliphatic rings. The van der Waals surface area contributed by atoms with Crippen molar-refractivity contribution in [2.45, 2.75) is 33.1 Å². The molecule has 6 nitrogen and oxygen atoms in total. The second kappa shape index (κ2) is 6.71. The van der Waals surface area contributed by atoms with Gasteiger partial charge < -0.3 is 5.32 Å². The van der Waals surface area contributed by atoms with Crippen molar-refractivity contribution in [1.29, 1.82) is 0 Å². The molecule has 4 heterocycles. The van der Waals surface area contributed by atoms with E-state index in [1.807, 2.05) is 30.0 Å². The largest absolute Gasteiger partial charge is 0.373 e. The Balaban J connectivity index is 1.89. The van der Waals surface area contributed by atoms with Crippen molar-refractivity contribution >= 4 is 22.4 Å². The van der Waals surface area contributed by atoms with E-state index < -0.39 is 0 Å². The fourth-order valence-electron chi connectivity index (χ4n) is 3.30. The molecule has 0 saturated carbocycles. The van der Waals surface area contributed by atoms with Gasteiger partial charge in [0.1, 0.15) is 12.1 Å². The summed E-state index contributed by atoms with van der Waals surface area (Å²) in [4.78, 5) is 13.6. The van der Waals surface area contributed by atoms with Crippen LogP contribution < -0.4 is 5.32 Å². The van der Waals surface area contributed by atoms with Crippen LogP contribution in [0.4, 0.5) is 5.82 Å². The highest BCUT2D eigenvalue weighted by Crippen LogP contribution is 2.30. The lowest BCUT2D eigenvalue weighted by molar-refractivity contribution is 0.776. The summed E-state index contributed by atoms with van der Waals surface area (Å²) in [5, 5.41) is 8.52. The van der Waals surface area contributed by atoms with Crippen molar-refractivity contribution in [2.24, 2.45) is 0 Å². The van der Waals surface area contributed by atoms with Gasteiger partial charge in [0.15, 0.2) is 5.65 Å². The first kappa shape index (κ1) is 16.4. The summed E-state index contributed by atoms with van der Waals surface area (Å²) in [7, 11) is 1.86. The number of hydrogen-bond donors (Lipinski definition) is 1. The van der Waals surface area contributed by atoms with Gasteiger partial charge in [-0.05, 0) is 37.5 Å². The summed E-state index contributed by atoms with van der Waals surface area (Å²) in [5.74, 6) is 0.806. The Bertz CT molecular complexity index is 1080. The Morgan fingerprint density at radius 3 is 2.69 bits per heavy atom. The Morgan fingerprint density at radius 2 is 1.92 bits per heavy atom. The van der Waals surface area contributed by atoms with E-state index in [0.717, 1.165) is 52.0 Å². The number of unbranched alkanes of at least 4 members (excludes halogenated alkanes) is 1. The topological polar surface area (TPSA) is 68.0 Å². The summed E-state index contributed by atoms with van der Waals surface area (Å²) in [6, 6.07) is 6.30. The zero-order valence-electron chi connectivity index (χ0n) is 15.3. The SMILES string of the molecule is CCCCc1cc(C)c(-c2cc3cnc(NC)cc3n3ncnc23)cn1. The van der Waals surface area contributed by atoms with E-state index in [4.69, 9.17) is 0 Å². The van der Waals surface area contributed by atoms with Crippen LogP contribution in [-0.2, 0) is 6.42 Å². The number of aryl methyl sites for hydroxylation is 2. The highest BCUT2D eigenvalue weighted by Gasteiger charge is 2.14. The van der Waals surface area contributed by atoms with Crippen LogP contribution in [0.15, 0.2) is 36.9 Å². The van der Waals surface area contributed by atoms with Crippen LogP contribution in [0, 0.1) is 6.92 Å². The minimum Gasteiger partial charge on any atom is -0.373 e. The Labute approximate surface area is 152 Å². The maximum Gasteiger partial charge on any atom is 0.163 e. The van der Waals surface area contributed by atoms with Gasteiger partial charge in [-0.3, -0.25) is 4.98 Å². The minimum absolute atomic E-state index is 0.806. The summed E-state index contributed by atoms with van der Waals surface area (Å²) < 4.78 is 1.87. The average Bonchev–Trinajstić information content (AvgIpc) is 3.16. The predicted molar refractivity (Wildman–Crippen MR) is 104 cm³/mol. The van der Waals surface area contributed by atoms with E-state index in [2.05, 4.69) is 51.3 Å². The average molecular weight is 346 g/mol. The quantitative estimate of drug-likeness (QED) is 0.591. The van der Waals surface area contributed by atoms with Gasteiger partial charge in [-0.25, -0.2) is 14.5 Å². The molecular formula is C20H22N6. The van der Waals surface area contributed by atoms with Gasteiger partial charge in [0.25, 0.3) is 0 Å². The molecule has 0 spiro atoms. The van der Waals surface area contributed by atoms with Crippen molar-refractivity contribution in [3.8, 4) is 11.1 Å². The first-order valence-electron chi connectivity index (χ1n) is 8.97. The summed E-state index contributed by atoms with van der Waals surface area (Å²) in [6.45, 7) is 4.33. The van der Waals surface area contributed by atoms with E-state index in [-0.39, 0.29) is 0 Å². The number of fused-ring (bicyclic) bond motifs is 3. The fourth-order valence-corrected chi connectivity index (χ4v) is 3.30. The third-order valence-electron chi connectivity index (χ3n) is 4.73. The van der Waals surface area contributed by atoms with Crippen LogP contribution in [0.3, 0.4) is 0 Å². The number of hydrogen-bond acceptors (Lipinski definition) is 5. The molecule has 0 aromatic carbocycles. The number of aromatic nitrogens is 5. The van der Waals surface area contributed by atoms with Crippen LogP contribution in [-0.4, -0.2) is 31.6 Å². The summed E-state index contributed by atoms with van der Waals surface area (Å²) >= 11 is 0. The van der Waals surface area contributed by atoms with Gasteiger partial charge in [-0.1, -0.05) is 13.3 Å². The predicted octanol–water partition coefficient (Wildman–Crippen LogP) is 4.03. The van der Waals surface area contributed by atoms with Crippen molar-refractivity contribution in [1.82, 2.24) is 24.6 Å². The van der Waals surface area contributed by atoms with E-state index in [0.29, 0.717) is 0 Å². The Morgan fingerprint density at radius 1 is 1.04 bits per heavy atom. The van der Waals surface area contributed by atoms with Crippen LogP contribution >= 0.6 is 0 Å². The Kier molecular flexibility index (Phi) is 4.24. The van der Waals surface area contributed by atoms with Gasteiger partial charge in [0.05, 0.1) is 5.52 Å². The van der Waals surface area contributed by atoms with Crippen LogP contribution in [0.5, 0.6) is 0 Å². The van der Waals surface area contributed by atoms with Gasteiger partial charge in [0, 0.05) is 47.7 Å². The van der Waals surface area contributed by atoms with E-state index >= 15 is 0 Å². The van der Waals surface area contributed by atoms with Crippen LogP contribution in [0.25, 0.3) is 27.7 Å². The van der Waals surface area contributed by atoms with Crippen molar-refractivity contribution in [3.05, 3.63) is 48.2 Å². The molecule has 0 amide bonds. The molecular weight excluding hydrogens is 324 g/mol. The first-order chi connectivity index (χ1) is 12.7. The molecule has 0 fully saturated rings. The molecule has 6 heteroatoms. The highest BCUT2D eigenvalue weighted by atomic mass is 15.3. The lowest BCUT2D eigenvalue weighted by Gasteiger charge is -2.11. The number of anilines is 1. The number of pyridine rings is 3. The molecule has 4 aromatic rings. The summed E-state index contributed by atoms with van der Waals surface area (Å²) in [5.41, 5.74) is 6.27. The number of rotatable bonds is 5. The van der Waals surface area contributed by atoms with Gasteiger partial charge in [0.2, 0.25) is 0 Å². The fraction of sp³-hybridized carbons (Fsp3) is 0.300. The van der Waals surface area contributed by atoms with Crippen molar-refractivity contribution in [2.75, 3.05) is 12.4 Å². The number of nitrogens with zero attached hydrogens (tertiary/aromatic N) is 5. The molecule has 0 atom stereocenters. The molecule has 0 bridgehead atoms.